The van der Waals surface area contributed by atoms with Gasteiger partial charge in [0.1, 0.15) is 11.6 Å². The Morgan fingerprint density at radius 1 is 1.32 bits per heavy atom. The van der Waals surface area contributed by atoms with Crippen LogP contribution in [0.5, 0.6) is 11.6 Å². The van der Waals surface area contributed by atoms with E-state index in [9.17, 15) is 9.18 Å². The van der Waals surface area contributed by atoms with Gasteiger partial charge in [0.2, 0.25) is 11.8 Å². The summed E-state index contributed by atoms with van der Waals surface area (Å²) in [6, 6.07) is 5.64. The molecular weight excluding hydrogens is 285 g/mol. The first-order valence-corrected chi connectivity index (χ1v) is 7.16. The number of likely N-dealkylation sites (tertiary alicyclic amines) is 1. The van der Waals surface area contributed by atoms with Crippen LogP contribution in [0.3, 0.4) is 0 Å². The minimum absolute atomic E-state index is 0.0363. The quantitative estimate of drug-likeness (QED) is 0.874. The van der Waals surface area contributed by atoms with E-state index in [1.54, 1.807) is 18.0 Å². The van der Waals surface area contributed by atoms with E-state index in [0.717, 1.165) is 19.4 Å². The van der Waals surface area contributed by atoms with Crippen molar-refractivity contribution in [1.82, 2.24) is 14.9 Å². The van der Waals surface area contributed by atoms with Gasteiger partial charge >= 0.3 is 0 Å². The lowest BCUT2D eigenvalue weighted by Crippen LogP contribution is -2.28. The molecule has 1 aliphatic rings. The monoisotopic (exact) mass is 301 g/mol. The highest BCUT2D eigenvalue weighted by molar-refractivity contribution is 5.74. The van der Waals surface area contributed by atoms with Crippen LogP contribution in [-0.4, -0.2) is 27.3 Å². The average Bonchev–Trinajstić information content (AvgIpc) is 3.00. The van der Waals surface area contributed by atoms with Gasteiger partial charge in [0.25, 0.3) is 0 Å². The van der Waals surface area contributed by atoms with Crippen LogP contribution in [0.2, 0.25) is 0 Å². The predicted octanol–water partition coefficient (Wildman–Crippen LogP) is 3.09. The highest BCUT2D eigenvalue weighted by Crippen LogP contribution is 2.31. The molecule has 1 fully saturated rings. The molecule has 0 spiro atoms. The minimum atomic E-state index is -0.324. The Bertz CT molecular complexity index is 675. The molecule has 0 N–H and O–H groups in total. The van der Waals surface area contributed by atoms with Crippen molar-refractivity contribution in [2.45, 2.75) is 25.8 Å². The number of hydrogen-bond acceptors (Lipinski definition) is 4. The molecule has 0 aliphatic carbocycles. The summed E-state index contributed by atoms with van der Waals surface area (Å²) >= 11 is 0. The molecule has 0 unspecified atom stereocenters. The first-order chi connectivity index (χ1) is 10.6. The van der Waals surface area contributed by atoms with Crippen LogP contribution in [0.1, 0.15) is 31.5 Å². The van der Waals surface area contributed by atoms with Crippen molar-refractivity contribution in [1.29, 1.82) is 0 Å². The minimum Gasteiger partial charge on any atom is -0.437 e. The van der Waals surface area contributed by atoms with Crippen molar-refractivity contribution in [3.8, 4) is 11.6 Å². The molecule has 5 nitrogen and oxygen atoms in total. The molecule has 3 rings (SSSR count). The SMILES string of the molecule is CC(=O)N1CCC[C@@H]1c1cncc(Oc2ccc(F)cc2)n1. The third kappa shape index (κ3) is 3.05. The van der Waals surface area contributed by atoms with Crippen LogP contribution in [0.25, 0.3) is 0 Å². The second kappa shape index (κ2) is 6.09. The Morgan fingerprint density at radius 2 is 2.09 bits per heavy atom. The standard InChI is InChI=1S/C16H16FN3O2/c1-11(21)20-8-2-3-15(20)14-9-18-10-16(19-14)22-13-6-4-12(17)5-7-13/h4-7,9-10,15H,2-3,8H2,1H3/t15-/m1/s1. The summed E-state index contributed by atoms with van der Waals surface area (Å²) in [5.74, 6) is 0.534. The number of hydrogen-bond donors (Lipinski definition) is 0. The molecule has 1 saturated heterocycles. The van der Waals surface area contributed by atoms with E-state index in [2.05, 4.69) is 9.97 Å². The smallest absolute Gasteiger partial charge is 0.238 e. The van der Waals surface area contributed by atoms with E-state index in [1.807, 2.05) is 0 Å². The van der Waals surface area contributed by atoms with Gasteiger partial charge in [0, 0.05) is 13.5 Å². The molecule has 1 aromatic heterocycles. The fourth-order valence-corrected chi connectivity index (χ4v) is 2.65. The molecule has 0 saturated carbocycles. The van der Waals surface area contributed by atoms with Crippen LogP contribution in [-0.2, 0) is 4.79 Å². The topological polar surface area (TPSA) is 55.3 Å². The zero-order valence-electron chi connectivity index (χ0n) is 12.2. The van der Waals surface area contributed by atoms with Gasteiger partial charge in [-0.2, -0.15) is 0 Å². The maximum absolute atomic E-state index is 12.9. The first-order valence-electron chi connectivity index (χ1n) is 7.16. The number of nitrogens with zero attached hydrogens (tertiary/aromatic N) is 3. The molecule has 2 aromatic rings. The summed E-state index contributed by atoms with van der Waals surface area (Å²) < 4.78 is 18.5. The Labute approximate surface area is 127 Å². The van der Waals surface area contributed by atoms with Crippen molar-refractivity contribution in [3.05, 3.63) is 48.2 Å². The second-order valence-corrected chi connectivity index (χ2v) is 5.21. The summed E-state index contributed by atoms with van der Waals surface area (Å²) in [4.78, 5) is 22.0. The number of carbonyl (C=O) groups excluding carboxylic acids is 1. The molecular formula is C16H16FN3O2. The lowest BCUT2D eigenvalue weighted by atomic mass is 10.1. The number of halogens is 1. The van der Waals surface area contributed by atoms with Crippen molar-refractivity contribution < 1.29 is 13.9 Å². The second-order valence-electron chi connectivity index (χ2n) is 5.21. The Kier molecular flexibility index (Phi) is 4.00. The first kappa shape index (κ1) is 14.4. The van der Waals surface area contributed by atoms with E-state index in [1.165, 1.54) is 30.5 Å². The molecule has 6 heteroatoms. The summed E-state index contributed by atoms with van der Waals surface area (Å²) in [7, 11) is 0. The maximum Gasteiger partial charge on any atom is 0.238 e. The van der Waals surface area contributed by atoms with E-state index < -0.39 is 0 Å². The van der Waals surface area contributed by atoms with Crippen LogP contribution in [0.4, 0.5) is 4.39 Å². The van der Waals surface area contributed by atoms with E-state index in [4.69, 9.17) is 4.74 Å². The van der Waals surface area contributed by atoms with Gasteiger partial charge < -0.3 is 9.64 Å². The largest absolute Gasteiger partial charge is 0.437 e. The number of rotatable bonds is 3. The van der Waals surface area contributed by atoms with Crippen molar-refractivity contribution in [3.63, 3.8) is 0 Å². The van der Waals surface area contributed by atoms with Crippen LogP contribution in [0, 0.1) is 5.82 Å². The molecule has 0 radical (unpaired) electrons. The van der Waals surface area contributed by atoms with Crippen molar-refractivity contribution in [2.24, 2.45) is 0 Å². The van der Waals surface area contributed by atoms with Gasteiger partial charge in [0.05, 0.1) is 24.1 Å². The van der Waals surface area contributed by atoms with Gasteiger partial charge in [-0.15, -0.1) is 0 Å². The van der Waals surface area contributed by atoms with Gasteiger partial charge in [-0.25, -0.2) is 9.37 Å². The third-order valence-electron chi connectivity index (χ3n) is 3.67. The number of ether oxygens (including phenoxy) is 1. The van der Waals surface area contributed by atoms with E-state index in [-0.39, 0.29) is 17.8 Å². The molecule has 1 atom stereocenters. The summed E-state index contributed by atoms with van der Waals surface area (Å²) in [6.07, 6.45) is 4.98. The molecule has 22 heavy (non-hydrogen) atoms. The average molecular weight is 301 g/mol. The van der Waals surface area contributed by atoms with Crippen LogP contribution in [0.15, 0.2) is 36.7 Å². The lowest BCUT2D eigenvalue weighted by molar-refractivity contribution is -0.129. The summed E-state index contributed by atoms with van der Waals surface area (Å²) in [6.45, 7) is 2.30. The maximum atomic E-state index is 12.9. The summed E-state index contributed by atoms with van der Waals surface area (Å²) in [5, 5.41) is 0. The molecule has 114 valence electrons. The fourth-order valence-electron chi connectivity index (χ4n) is 2.65. The zero-order chi connectivity index (χ0) is 15.5. The number of aromatic nitrogens is 2. The highest BCUT2D eigenvalue weighted by atomic mass is 19.1. The number of benzene rings is 1. The van der Waals surface area contributed by atoms with Gasteiger partial charge in [-0.1, -0.05) is 0 Å². The lowest BCUT2D eigenvalue weighted by Gasteiger charge is -2.22. The van der Waals surface area contributed by atoms with Crippen LogP contribution < -0.4 is 4.74 Å². The normalized spacial score (nSPS) is 17.5. The molecule has 1 aromatic carbocycles. The predicted molar refractivity (Wildman–Crippen MR) is 77.9 cm³/mol. The number of carbonyl (C=O) groups is 1. The van der Waals surface area contributed by atoms with Crippen LogP contribution >= 0.6 is 0 Å². The van der Waals surface area contributed by atoms with E-state index >= 15 is 0 Å². The Balaban J connectivity index is 1.80. The molecule has 1 aliphatic heterocycles. The van der Waals surface area contributed by atoms with Gasteiger partial charge in [-0.05, 0) is 37.1 Å². The third-order valence-corrected chi connectivity index (χ3v) is 3.67. The van der Waals surface area contributed by atoms with Crippen molar-refractivity contribution in [2.75, 3.05) is 6.54 Å². The van der Waals surface area contributed by atoms with Crippen molar-refractivity contribution >= 4 is 5.91 Å². The fraction of sp³-hybridized carbons (Fsp3) is 0.312. The van der Waals surface area contributed by atoms with E-state index in [0.29, 0.717) is 17.3 Å². The van der Waals surface area contributed by atoms with Gasteiger partial charge in [-0.3, -0.25) is 9.78 Å². The van der Waals surface area contributed by atoms with Gasteiger partial charge in [0.15, 0.2) is 0 Å². The molecule has 0 bridgehead atoms. The zero-order valence-corrected chi connectivity index (χ0v) is 12.2. The number of amides is 1. The molecule has 1 amide bonds. The Hall–Kier alpha value is -2.50. The summed E-state index contributed by atoms with van der Waals surface area (Å²) in [5.41, 5.74) is 0.715. The molecule has 2 heterocycles. The highest BCUT2D eigenvalue weighted by Gasteiger charge is 2.29. The Morgan fingerprint density at radius 3 is 2.82 bits per heavy atom.